The summed E-state index contributed by atoms with van der Waals surface area (Å²) in [4.78, 5) is 96.6. The largest absolute Gasteiger partial charge is 0.463 e. The summed E-state index contributed by atoms with van der Waals surface area (Å²) in [5.74, 6) is -6.13. The summed E-state index contributed by atoms with van der Waals surface area (Å²) in [6.45, 7) is 7.83. The van der Waals surface area contributed by atoms with Crippen LogP contribution in [0, 0.1) is 7.14 Å². The van der Waals surface area contributed by atoms with Gasteiger partial charge in [-0.3, -0.25) is 38.4 Å². The van der Waals surface area contributed by atoms with E-state index in [-0.39, 0.29) is 11.5 Å². The monoisotopic (exact) mass is 1020 g/mol. The molecular weight excluding hydrogens is 982 g/mol. The van der Waals surface area contributed by atoms with E-state index in [9.17, 15) is 38.4 Å². The van der Waals surface area contributed by atoms with Crippen LogP contribution in [-0.4, -0.2) is 122 Å². The van der Waals surface area contributed by atoms with Crippen molar-refractivity contribution < 1.29 is 95.2 Å². The lowest BCUT2D eigenvalue weighted by Crippen LogP contribution is -2.63. The van der Waals surface area contributed by atoms with E-state index >= 15 is 0 Å². The molecule has 0 aromatic heterocycles. The zero-order chi connectivity index (χ0) is 42.0. The summed E-state index contributed by atoms with van der Waals surface area (Å²) in [6, 6.07) is 2.94. The van der Waals surface area contributed by atoms with E-state index in [0.29, 0.717) is 7.14 Å². The molecule has 20 nitrogen and oxygen atoms in total. The van der Waals surface area contributed by atoms with Gasteiger partial charge in [0.15, 0.2) is 24.4 Å². The minimum absolute atomic E-state index is 0.102. The molecule has 0 aliphatic carbocycles. The first-order valence-corrected chi connectivity index (χ1v) is 18.8. The molecule has 0 amide bonds. The van der Waals surface area contributed by atoms with E-state index in [1.54, 1.807) is 0 Å². The topological polar surface area (TPSA) is 247 Å². The quantitative estimate of drug-likeness (QED) is 0.146. The first-order chi connectivity index (χ1) is 26.2. The van der Waals surface area contributed by atoms with Crippen molar-refractivity contribution in [2.75, 3.05) is 13.2 Å². The number of esters is 8. The molecule has 3 rings (SSSR count). The maximum atomic E-state index is 12.3. The van der Waals surface area contributed by atoms with Gasteiger partial charge in [0.1, 0.15) is 36.9 Å². The number of carbonyl (C=O) groups is 8. The van der Waals surface area contributed by atoms with Crippen molar-refractivity contribution in [2.24, 2.45) is 0 Å². The van der Waals surface area contributed by atoms with Gasteiger partial charge in [0.25, 0.3) is 0 Å². The third-order valence-electron chi connectivity index (χ3n) is 7.37. The van der Waals surface area contributed by atoms with Crippen LogP contribution in [0.25, 0.3) is 0 Å². The van der Waals surface area contributed by atoms with Gasteiger partial charge in [0, 0.05) is 55.4 Å². The van der Waals surface area contributed by atoms with E-state index in [1.807, 2.05) is 45.2 Å². The Kier molecular flexibility index (Phi) is 17.3. The third kappa shape index (κ3) is 13.6. The van der Waals surface area contributed by atoms with Crippen molar-refractivity contribution in [1.82, 2.24) is 0 Å². The van der Waals surface area contributed by atoms with Gasteiger partial charge < -0.3 is 56.8 Å². The van der Waals surface area contributed by atoms with Gasteiger partial charge in [-0.2, -0.15) is 0 Å². The Morgan fingerprint density at radius 2 is 0.714 bits per heavy atom. The Morgan fingerprint density at radius 3 is 0.982 bits per heavy atom. The van der Waals surface area contributed by atoms with Crippen molar-refractivity contribution in [3.05, 3.63) is 19.3 Å². The second-order valence-corrected chi connectivity index (χ2v) is 14.4. The first kappa shape index (κ1) is 46.3. The van der Waals surface area contributed by atoms with Gasteiger partial charge in [-0.25, -0.2) is 0 Å². The molecule has 2 fully saturated rings. The molecule has 0 saturated carbocycles. The fourth-order valence-corrected chi connectivity index (χ4v) is 6.64. The normalized spacial score (nSPS) is 27.0. The van der Waals surface area contributed by atoms with Crippen LogP contribution in [0.15, 0.2) is 12.1 Å². The predicted molar refractivity (Wildman–Crippen MR) is 197 cm³/mol. The third-order valence-corrected chi connectivity index (χ3v) is 9.06. The Labute approximate surface area is 347 Å². The number of carbonyl (C=O) groups excluding carboxylic acids is 8. The van der Waals surface area contributed by atoms with Gasteiger partial charge >= 0.3 is 47.8 Å². The van der Waals surface area contributed by atoms with Crippen molar-refractivity contribution in [2.45, 2.75) is 117 Å². The molecule has 0 spiro atoms. The Morgan fingerprint density at radius 1 is 0.446 bits per heavy atom. The van der Waals surface area contributed by atoms with E-state index in [1.165, 1.54) is 12.1 Å². The lowest BCUT2D eigenvalue weighted by atomic mass is 9.98. The second-order valence-electron chi connectivity index (χ2n) is 12.1. The van der Waals surface area contributed by atoms with Gasteiger partial charge in [0.2, 0.25) is 24.8 Å². The Bertz CT molecular complexity index is 1550. The fraction of sp³-hybridized carbons (Fsp3) is 0.588. The minimum Gasteiger partial charge on any atom is -0.463 e. The SMILES string of the molecule is CC(=O)OCC1O[C@@H](Oc2cc(I)c(O[C@@H]3OC(COC(C)=O)[C@H](OC(C)=O)[C@H](OC(C)=O)C3OC(C)=O)cc2I)C(OC(C)=O)[C@@H](OC(C)=O)[C@H]1OC(C)=O. The molecule has 2 saturated heterocycles. The highest BCUT2D eigenvalue weighted by Gasteiger charge is 2.55. The zero-order valence-electron chi connectivity index (χ0n) is 31.3. The molecule has 10 atom stereocenters. The number of hydrogen-bond acceptors (Lipinski definition) is 20. The van der Waals surface area contributed by atoms with Gasteiger partial charge in [-0.05, 0) is 57.3 Å². The zero-order valence-corrected chi connectivity index (χ0v) is 35.6. The fourth-order valence-electron chi connectivity index (χ4n) is 5.51. The summed E-state index contributed by atoms with van der Waals surface area (Å²) < 4.78 is 68.0. The highest BCUT2D eigenvalue weighted by molar-refractivity contribution is 14.1. The van der Waals surface area contributed by atoms with E-state index in [2.05, 4.69) is 0 Å². The van der Waals surface area contributed by atoms with Gasteiger partial charge in [0.05, 0.1) is 7.14 Å². The second kappa shape index (κ2) is 20.9. The van der Waals surface area contributed by atoms with Crippen molar-refractivity contribution >= 4 is 92.9 Å². The first-order valence-electron chi connectivity index (χ1n) is 16.6. The van der Waals surface area contributed by atoms with Crippen LogP contribution < -0.4 is 9.47 Å². The summed E-state index contributed by atoms with van der Waals surface area (Å²) in [6.07, 6.45) is -14.5. The molecular formula is C34H40I2O20. The molecule has 0 bridgehead atoms. The molecule has 0 radical (unpaired) electrons. The molecule has 2 aliphatic rings. The Balaban J connectivity index is 2.05. The van der Waals surface area contributed by atoms with E-state index in [4.69, 9.17) is 56.8 Å². The lowest BCUT2D eigenvalue weighted by Gasteiger charge is -2.44. The number of hydrogen-bond donors (Lipinski definition) is 0. The minimum atomic E-state index is -1.55. The summed E-state index contributed by atoms with van der Waals surface area (Å²) in [5, 5.41) is 0. The molecule has 56 heavy (non-hydrogen) atoms. The number of rotatable bonds is 14. The van der Waals surface area contributed by atoms with Crippen molar-refractivity contribution in [1.29, 1.82) is 0 Å². The molecule has 0 N–H and O–H groups in total. The van der Waals surface area contributed by atoms with Gasteiger partial charge in [-0.15, -0.1) is 0 Å². The summed E-state index contributed by atoms with van der Waals surface area (Å²) in [5.41, 5.74) is 0. The lowest BCUT2D eigenvalue weighted by molar-refractivity contribution is -0.289. The van der Waals surface area contributed by atoms with E-state index in [0.717, 1.165) is 55.4 Å². The van der Waals surface area contributed by atoms with Crippen LogP contribution in [-0.2, 0) is 85.7 Å². The smallest absolute Gasteiger partial charge is 0.303 e. The average molecular weight is 1020 g/mol. The van der Waals surface area contributed by atoms with Crippen molar-refractivity contribution in [3.8, 4) is 11.5 Å². The predicted octanol–water partition coefficient (Wildman–Crippen LogP) is 1.82. The van der Waals surface area contributed by atoms with Crippen molar-refractivity contribution in [3.63, 3.8) is 0 Å². The molecule has 2 aliphatic heterocycles. The van der Waals surface area contributed by atoms with Crippen LogP contribution in [0.5, 0.6) is 11.5 Å². The maximum Gasteiger partial charge on any atom is 0.303 e. The van der Waals surface area contributed by atoms with Crippen LogP contribution in [0.1, 0.15) is 55.4 Å². The van der Waals surface area contributed by atoms with E-state index < -0.39 is 122 Å². The molecule has 2 heterocycles. The molecule has 310 valence electrons. The number of ether oxygens (including phenoxy) is 12. The summed E-state index contributed by atoms with van der Waals surface area (Å²) >= 11 is 3.76. The molecule has 1 aromatic carbocycles. The highest BCUT2D eigenvalue weighted by Crippen LogP contribution is 2.38. The van der Waals surface area contributed by atoms with Gasteiger partial charge in [-0.1, -0.05) is 0 Å². The highest BCUT2D eigenvalue weighted by atomic mass is 127. The number of benzene rings is 1. The summed E-state index contributed by atoms with van der Waals surface area (Å²) in [7, 11) is 0. The molecule has 1 aromatic rings. The average Bonchev–Trinajstić information content (AvgIpc) is 3.05. The van der Waals surface area contributed by atoms with Crippen LogP contribution in [0.3, 0.4) is 0 Å². The van der Waals surface area contributed by atoms with Crippen LogP contribution >= 0.6 is 45.2 Å². The molecule has 22 heteroatoms. The Hall–Kier alpha value is -4.04. The maximum absolute atomic E-state index is 12.3. The van der Waals surface area contributed by atoms with Crippen LogP contribution in [0.2, 0.25) is 0 Å². The van der Waals surface area contributed by atoms with Crippen LogP contribution in [0.4, 0.5) is 0 Å². The standard InChI is InChI=1S/C34H40I2O20/c1-13(37)45-11-25-27(47-15(3)39)29(49-17(5)41)31(51-19(7)43)33(55-25)53-23-9-22(36)24(10-21(23)35)54-34-32(52-20(8)44)30(50-18(6)42)28(48-16(4)40)26(56-34)12-46-14(2)38/h9-10,25-34H,11-12H2,1-8H3/t25?,26?,27-,28-,29-,30-,31?,32?,33+,34+/m0/s1. The number of halogens is 2. The molecule has 4 unspecified atom stereocenters.